The normalized spacial score (nSPS) is 13.3. The van der Waals surface area contributed by atoms with E-state index in [0.717, 1.165) is 36.4 Å². The predicted molar refractivity (Wildman–Crippen MR) is 120 cm³/mol. The summed E-state index contributed by atoms with van der Waals surface area (Å²) in [4.78, 5) is -2.36. The van der Waals surface area contributed by atoms with Crippen LogP contribution in [-0.2, 0) is 16.0 Å². The van der Waals surface area contributed by atoms with Gasteiger partial charge < -0.3 is 10.6 Å². The molecule has 0 spiro atoms. The van der Waals surface area contributed by atoms with Crippen LogP contribution in [-0.4, -0.2) is 21.1 Å². The Balaban J connectivity index is 2.64. The molecule has 0 unspecified atom stereocenters. The minimum Gasteiger partial charge on any atom is -0.379 e. The standard InChI is InChI=1S/C22H20ClF6N3O2S/c1-13(2)8-9-31-20(22(27,28)29)19(12-30)35(33,34)18-7-6-15(23)11-17(18)32-16-5-3-4-14(10-16)21(24,25)26/h3-7,10-11,13,31-32H,8-9H2,1-2H3. The van der Waals surface area contributed by atoms with Gasteiger partial charge in [-0.05, 0) is 48.7 Å². The molecule has 0 bridgehead atoms. The van der Waals surface area contributed by atoms with Crippen LogP contribution in [0.2, 0.25) is 5.02 Å². The lowest BCUT2D eigenvalue weighted by atomic mass is 10.1. The van der Waals surface area contributed by atoms with Crippen molar-refractivity contribution in [3.05, 3.63) is 63.7 Å². The number of alkyl halides is 6. The molecule has 0 heterocycles. The molecule has 13 heteroatoms. The number of hydrogen-bond donors (Lipinski definition) is 2. The number of allylic oxidation sites excluding steroid dienone is 2. The van der Waals surface area contributed by atoms with E-state index in [4.69, 9.17) is 11.6 Å². The van der Waals surface area contributed by atoms with E-state index in [1.165, 1.54) is 6.07 Å². The summed E-state index contributed by atoms with van der Waals surface area (Å²) in [5.74, 6) is -0.00124. The van der Waals surface area contributed by atoms with Gasteiger partial charge in [0.1, 0.15) is 11.8 Å². The fraction of sp³-hybridized carbons (Fsp3) is 0.318. The van der Waals surface area contributed by atoms with Crippen LogP contribution >= 0.6 is 11.6 Å². The highest BCUT2D eigenvalue weighted by atomic mass is 35.5. The summed E-state index contributed by atoms with van der Waals surface area (Å²) in [7, 11) is -5.10. The molecule has 5 nitrogen and oxygen atoms in total. The van der Waals surface area contributed by atoms with Crippen LogP contribution in [0.3, 0.4) is 0 Å². The second-order valence-corrected chi connectivity index (χ2v) is 10.1. The molecule has 2 N–H and O–H groups in total. The van der Waals surface area contributed by atoms with Gasteiger partial charge in [-0.1, -0.05) is 31.5 Å². The Hall–Kier alpha value is -2.91. The van der Waals surface area contributed by atoms with E-state index in [-0.39, 0.29) is 29.6 Å². The van der Waals surface area contributed by atoms with Gasteiger partial charge in [0, 0.05) is 17.3 Å². The topological polar surface area (TPSA) is 82.0 Å². The first-order valence-electron chi connectivity index (χ1n) is 10.0. The summed E-state index contributed by atoms with van der Waals surface area (Å²) in [5.41, 5.74) is -3.39. The zero-order chi connectivity index (χ0) is 26.6. The molecule has 2 rings (SSSR count). The fourth-order valence-corrected chi connectivity index (χ4v) is 4.53. The molecule has 0 fully saturated rings. The van der Waals surface area contributed by atoms with Crippen molar-refractivity contribution in [2.24, 2.45) is 5.92 Å². The molecule has 0 aromatic heterocycles. The molecule has 0 aliphatic carbocycles. The Kier molecular flexibility index (Phi) is 8.73. The number of nitriles is 1. The van der Waals surface area contributed by atoms with Gasteiger partial charge >= 0.3 is 12.4 Å². The maximum absolute atomic E-state index is 13.7. The van der Waals surface area contributed by atoms with Crippen LogP contribution in [0.5, 0.6) is 0 Å². The van der Waals surface area contributed by atoms with Crippen LogP contribution in [0.15, 0.2) is 58.0 Å². The maximum Gasteiger partial charge on any atom is 0.432 e. The third kappa shape index (κ3) is 7.29. The summed E-state index contributed by atoms with van der Waals surface area (Å²) in [6.07, 6.45) is -9.63. The minimum atomic E-state index is -5.20. The first-order chi connectivity index (χ1) is 16.1. The average molecular weight is 540 g/mol. The third-order valence-electron chi connectivity index (χ3n) is 4.60. The first kappa shape index (κ1) is 28.3. The van der Waals surface area contributed by atoms with E-state index in [1.54, 1.807) is 13.8 Å². The molecule has 2 aromatic rings. The third-order valence-corrected chi connectivity index (χ3v) is 6.61. The second kappa shape index (κ2) is 10.8. The van der Waals surface area contributed by atoms with Gasteiger partial charge in [0.25, 0.3) is 0 Å². The fourth-order valence-electron chi connectivity index (χ4n) is 2.92. The van der Waals surface area contributed by atoms with E-state index in [9.17, 15) is 40.0 Å². The zero-order valence-electron chi connectivity index (χ0n) is 18.4. The lowest BCUT2D eigenvalue weighted by molar-refractivity contribution is -0.137. The highest BCUT2D eigenvalue weighted by Gasteiger charge is 2.41. The van der Waals surface area contributed by atoms with Gasteiger partial charge in [-0.25, -0.2) is 8.42 Å². The van der Waals surface area contributed by atoms with Gasteiger partial charge in [0.2, 0.25) is 9.84 Å². The van der Waals surface area contributed by atoms with Crippen LogP contribution in [0.25, 0.3) is 0 Å². The van der Waals surface area contributed by atoms with E-state index in [2.05, 4.69) is 5.32 Å². The van der Waals surface area contributed by atoms with Crippen molar-refractivity contribution in [3.63, 3.8) is 0 Å². The number of sulfone groups is 1. The lowest BCUT2D eigenvalue weighted by Gasteiger charge is -2.19. The van der Waals surface area contributed by atoms with E-state index in [1.807, 2.05) is 5.32 Å². The van der Waals surface area contributed by atoms with E-state index in [0.29, 0.717) is 6.07 Å². The quantitative estimate of drug-likeness (QED) is 0.284. The van der Waals surface area contributed by atoms with E-state index >= 15 is 0 Å². The summed E-state index contributed by atoms with van der Waals surface area (Å²) in [6, 6.07) is 7.81. The Morgan fingerprint density at radius 2 is 1.74 bits per heavy atom. The Morgan fingerprint density at radius 1 is 1.09 bits per heavy atom. The van der Waals surface area contributed by atoms with Gasteiger partial charge in [0.15, 0.2) is 4.91 Å². The number of anilines is 2. The molecule has 35 heavy (non-hydrogen) atoms. The molecule has 2 aromatic carbocycles. The molecule has 0 saturated carbocycles. The molecule has 0 radical (unpaired) electrons. The highest BCUT2D eigenvalue weighted by Crippen LogP contribution is 2.37. The minimum absolute atomic E-state index is 0.00124. The zero-order valence-corrected chi connectivity index (χ0v) is 19.9. The number of nitrogens with zero attached hydrogens (tertiary/aromatic N) is 1. The maximum atomic E-state index is 13.7. The Bertz CT molecular complexity index is 1250. The van der Waals surface area contributed by atoms with Crippen LogP contribution in [0, 0.1) is 17.2 Å². The number of halogens is 7. The van der Waals surface area contributed by atoms with Crippen molar-refractivity contribution in [1.82, 2.24) is 5.32 Å². The SMILES string of the molecule is CC(C)CCNC(=C(C#N)S(=O)(=O)c1ccc(Cl)cc1Nc1cccc(C(F)(F)F)c1)C(F)(F)F. The van der Waals surface area contributed by atoms with Gasteiger partial charge in [0.05, 0.1) is 16.1 Å². The summed E-state index contributed by atoms with van der Waals surface area (Å²) in [6.45, 7) is 3.25. The molecule has 0 aliphatic heterocycles. The lowest BCUT2D eigenvalue weighted by Crippen LogP contribution is -2.31. The second-order valence-electron chi connectivity index (χ2n) is 7.77. The van der Waals surface area contributed by atoms with Crippen molar-refractivity contribution < 1.29 is 34.8 Å². The Labute approximate surface area is 203 Å². The average Bonchev–Trinajstić information content (AvgIpc) is 2.71. The van der Waals surface area contributed by atoms with E-state index < -0.39 is 48.9 Å². The largest absolute Gasteiger partial charge is 0.432 e. The smallest absolute Gasteiger partial charge is 0.379 e. The number of hydrogen-bond acceptors (Lipinski definition) is 5. The van der Waals surface area contributed by atoms with Crippen LogP contribution < -0.4 is 10.6 Å². The van der Waals surface area contributed by atoms with Crippen molar-refractivity contribution in [1.29, 1.82) is 5.26 Å². The molecule has 190 valence electrons. The van der Waals surface area contributed by atoms with Gasteiger partial charge in [-0.2, -0.15) is 31.6 Å². The van der Waals surface area contributed by atoms with Crippen molar-refractivity contribution in [2.45, 2.75) is 37.5 Å². The molecular weight excluding hydrogens is 520 g/mol. The Morgan fingerprint density at radius 3 is 2.29 bits per heavy atom. The van der Waals surface area contributed by atoms with Crippen LogP contribution in [0.1, 0.15) is 25.8 Å². The van der Waals surface area contributed by atoms with Crippen molar-refractivity contribution in [3.8, 4) is 6.07 Å². The number of rotatable bonds is 8. The molecule has 0 saturated heterocycles. The number of nitrogens with one attached hydrogen (secondary N) is 2. The van der Waals surface area contributed by atoms with Gasteiger partial charge in [-0.3, -0.25) is 0 Å². The molecular formula is C22H20ClF6N3O2S. The molecule has 0 atom stereocenters. The monoisotopic (exact) mass is 539 g/mol. The molecule has 0 amide bonds. The predicted octanol–water partition coefficient (Wildman–Crippen LogP) is 6.81. The van der Waals surface area contributed by atoms with Gasteiger partial charge in [-0.15, -0.1) is 0 Å². The summed E-state index contributed by atoms with van der Waals surface area (Å²) in [5, 5.41) is 13.8. The molecule has 0 aliphatic rings. The van der Waals surface area contributed by atoms with Crippen molar-refractivity contribution in [2.75, 3.05) is 11.9 Å². The van der Waals surface area contributed by atoms with Crippen molar-refractivity contribution >= 4 is 32.8 Å². The summed E-state index contributed by atoms with van der Waals surface area (Å²) < 4.78 is 107. The first-order valence-corrected chi connectivity index (χ1v) is 11.9. The highest BCUT2D eigenvalue weighted by molar-refractivity contribution is 7.95. The van der Waals surface area contributed by atoms with Crippen LogP contribution in [0.4, 0.5) is 37.7 Å². The summed E-state index contributed by atoms with van der Waals surface area (Å²) >= 11 is 5.90. The number of benzene rings is 2.